The van der Waals surface area contributed by atoms with Gasteiger partial charge >= 0.3 is 0 Å². The molecule has 0 saturated heterocycles. The maximum absolute atomic E-state index is 11.1. The monoisotopic (exact) mass is 314 g/mol. The number of hydrogen-bond donors (Lipinski definition) is 1. The van der Waals surface area contributed by atoms with E-state index >= 15 is 0 Å². The van der Waals surface area contributed by atoms with Crippen LogP contribution in [-0.2, 0) is 10.1 Å². The number of Topliss-reactive ketones (excluding diaryl/α,β-unsaturated/α-hetero) is 1. The molecule has 0 bridgehead atoms. The lowest BCUT2D eigenvalue weighted by molar-refractivity contribution is 0.101. The first kappa shape index (κ1) is 14.6. The lowest BCUT2D eigenvalue weighted by atomic mass is 10.1. The van der Waals surface area contributed by atoms with Gasteiger partial charge in [-0.1, -0.05) is 22.0 Å². The maximum atomic E-state index is 11.1. The molecule has 0 aliphatic carbocycles. The van der Waals surface area contributed by atoms with Crippen molar-refractivity contribution in [3.05, 3.63) is 28.2 Å². The molecule has 1 N–H and O–H groups in total. The van der Waals surface area contributed by atoms with E-state index < -0.39 is 15.9 Å². The molecule has 0 fully saturated rings. The van der Waals surface area contributed by atoms with Gasteiger partial charge in [0.15, 0.2) is 5.78 Å². The van der Waals surface area contributed by atoms with E-state index in [1.54, 1.807) is 0 Å². The van der Waals surface area contributed by atoms with Gasteiger partial charge in [0.2, 0.25) is 0 Å². The van der Waals surface area contributed by atoms with Crippen LogP contribution in [-0.4, -0.2) is 18.8 Å². The summed E-state index contributed by atoms with van der Waals surface area (Å²) in [6, 6.07) is 4.14. The molecule has 0 aliphatic heterocycles. The molecule has 0 spiro atoms. The molecule has 0 saturated carbocycles. The lowest BCUT2D eigenvalue weighted by Crippen LogP contribution is -2.07. The zero-order valence-electron chi connectivity index (χ0n) is 7.60. The fourth-order valence-corrected chi connectivity index (χ4v) is 2.60. The fourth-order valence-electron chi connectivity index (χ4n) is 1.06. The van der Waals surface area contributed by atoms with Gasteiger partial charge in [-0.3, -0.25) is 9.35 Å². The molecule has 1 rings (SSSR count). The first-order valence-corrected chi connectivity index (χ1v) is 5.84. The second kappa shape index (κ2) is 5.07. The summed E-state index contributed by atoms with van der Waals surface area (Å²) < 4.78 is 31.0. The third kappa shape index (κ3) is 3.27. The van der Waals surface area contributed by atoms with Crippen LogP contribution in [0.3, 0.4) is 0 Å². The first-order valence-electron chi connectivity index (χ1n) is 3.61. The minimum absolute atomic E-state index is 0. The van der Waals surface area contributed by atoms with Crippen molar-refractivity contribution in [1.29, 1.82) is 0 Å². The Labute approximate surface area is 102 Å². The molecular formula is C8H8BrClO4S. The first-order chi connectivity index (χ1) is 6.34. The summed E-state index contributed by atoms with van der Waals surface area (Å²) in [5.74, 6) is -0.426. The van der Waals surface area contributed by atoms with Crippen molar-refractivity contribution in [3.63, 3.8) is 0 Å². The standard InChI is InChI=1S/C8H7BrO4S.ClH/c1-5(10)8-6(9)3-2-4-7(8)14(11,12)13;/h2-4H,1H3,(H,11,12,13);1H. The predicted octanol–water partition coefficient (Wildman–Crippen LogP) is 2.32. The highest BCUT2D eigenvalue weighted by Gasteiger charge is 2.19. The molecule has 0 unspecified atom stereocenters. The van der Waals surface area contributed by atoms with Gasteiger partial charge in [0.25, 0.3) is 10.1 Å². The van der Waals surface area contributed by atoms with Gasteiger partial charge in [-0.2, -0.15) is 8.42 Å². The van der Waals surface area contributed by atoms with Gasteiger partial charge in [-0.25, -0.2) is 0 Å². The van der Waals surface area contributed by atoms with Crippen LogP contribution in [0.15, 0.2) is 27.6 Å². The van der Waals surface area contributed by atoms with Gasteiger partial charge in [0.1, 0.15) is 4.90 Å². The Morgan fingerprint density at radius 1 is 1.40 bits per heavy atom. The minimum atomic E-state index is -4.35. The van der Waals surface area contributed by atoms with Crippen LogP contribution in [0.4, 0.5) is 0 Å². The smallest absolute Gasteiger partial charge is 0.294 e. The molecule has 15 heavy (non-hydrogen) atoms. The number of benzene rings is 1. The van der Waals surface area contributed by atoms with Crippen molar-refractivity contribution in [2.24, 2.45) is 0 Å². The van der Waals surface area contributed by atoms with E-state index in [1.165, 1.54) is 25.1 Å². The number of ketones is 1. The quantitative estimate of drug-likeness (QED) is 0.671. The highest BCUT2D eigenvalue weighted by Crippen LogP contribution is 2.24. The van der Waals surface area contributed by atoms with Crippen molar-refractivity contribution in [1.82, 2.24) is 0 Å². The van der Waals surface area contributed by atoms with Gasteiger partial charge in [-0.05, 0) is 19.1 Å². The molecule has 0 heterocycles. The average molecular weight is 316 g/mol. The van der Waals surface area contributed by atoms with E-state index in [2.05, 4.69) is 15.9 Å². The highest BCUT2D eigenvalue weighted by atomic mass is 79.9. The molecule has 0 radical (unpaired) electrons. The van der Waals surface area contributed by atoms with Crippen LogP contribution in [0, 0.1) is 0 Å². The van der Waals surface area contributed by atoms with E-state index in [-0.39, 0.29) is 22.9 Å². The molecule has 7 heteroatoms. The Balaban J connectivity index is 0.00000196. The largest absolute Gasteiger partial charge is 0.295 e. The summed E-state index contributed by atoms with van der Waals surface area (Å²) in [4.78, 5) is 10.8. The van der Waals surface area contributed by atoms with Gasteiger partial charge in [0, 0.05) is 4.47 Å². The highest BCUT2D eigenvalue weighted by molar-refractivity contribution is 9.10. The third-order valence-corrected chi connectivity index (χ3v) is 3.16. The van der Waals surface area contributed by atoms with Crippen LogP contribution in [0.1, 0.15) is 17.3 Å². The van der Waals surface area contributed by atoms with Crippen LogP contribution < -0.4 is 0 Å². The van der Waals surface area contributed by atoms with E-state index in [0.717, 1.165) is 0 Å². The molecule has 0 atom stereocenters. The Hall–Kier alpha value is -0.430. The van der Waals surface area contributed by atoms with Crippen LogP contribution >= 0.6 is 28.3 Å². The van der Waals surface area contributed by atoms with Crippen molar-refractivity contribution < 1.29 is 17.8 Å². The van der Waals surface area contributed by atoms with Crippen molar-refractivity contribution in [2.75, 3.05) is 0 Å². The molecule has 0 aromatic heterocycles. The summed E-state index contributed by atoms with van der Waals surface area (Å²) in [6.45, 7) is 1.23. The Morgan fingerprint density at radius 2 is 1.93 bits per heavy atom. The van der Waals surface area contributed by atoms with Gasteiger partial charge < -0.3 is 0 Å². The van der Waals surface area contributed by atoms with Gasteiger partial charge in [0.05, 0.1) is 5.56 Å². The fraction of sp³-hybridized carbons (Fsp3) is 0.125. The summed E-state index contributed by atoms with van der Waals surface area (Å²) >= 11 is 3.04. The zero-order chi connectivity index (χ0) is 10.9. The van der Waals surface area contributed by atoms with Crippen LogP contribution in [0.25, 0.3) is 0 Å². The number of halogens is 2. The maximum Gasteiger partial charge on any atom is 0.295 e. The second-order valence-electron chi connectivity index (χ2n) is 2.64. The molecule has 1 aromatic rings. The Morgan fingerprint density at radius 3 is 2.27 bits per heavy atom. The average Bonchev–Trinajstić information content (AvgIpc) is 2.01. The minimum Gasteiger partial charge on any atom is -0.294 e. The van der Waals surface area contributed by atoms with Crippen LogP contribution in [0.2, 0.25) is 0 Å². The molecule has 0 amide bonds. The topological polar surface area (TPSA) is 71.4 Å². The van der Waals surface area contributed by atoms with Crippen molar-refractivity contribution in [2.45, 2.75) is 11.8 Å². The predicted molar refractivity (Wildman–Crippen MR) is 61.2 cm³/mol. The van der Waals surface area contributed by atoms with E-state index in [1.807, 2.05) is 0 Å². The molecule has 1 aromatic carbocycles. The van der Waals surface area contributed by atoms with Gasteiger partial charge in [-0.15, -0.1) is 12.4 Å². The number of carbonyl (C=O) groups is 1. The molecule has 84 valence electrons. The summed E-state index contributed by atoms with van der Waals surface area (Å²) in [6.07, 6.45) is 0. The summed E-state index contributed by atoms with van der Waals surface area (Å²) in [7, 11) is -4.35. The van der Waals surface area contributed by atoms with E-state index in [4.69, 9.17) is 4.55 Å². The van der Waals surface area contributed by atoms with E-state index in [0.29, 0.717) is 4.47 Å². The summed E-state index contributed by atoms with van der Waals surface area (Å²) in [5.41, 5.74) is -0.0324. The Kier molecular flexibility index (Phi) is 4.92. The van der Waals surface area contributed by atoms with Crippen molar-refractivity contribution in [3.8, 4) is 0 Å². The third-order valence-electron chi connectivity index (χ3n) is 1.61. The number of rotatable bonds is 2. The number of carbonyl (C=O) groups excluding carboxylic acids is 1. The van der Waals surface area contributed by atoms with E-state index in [9.17, 15) is 13.2 Å². The number of hydrogen-bond acceptors (Lipinski definition) is 3. The second-order valence-corrected chi connectivity index (χ2v) is 4.89. The zero-order valence-corrected chi connectivity index (χ0v) is 10.8. The Bertz CT molecular complexity index is 483. The van der Waals surface area contributed by atoms with Crippen molar-refractivity contribution >= 4 is 44.2 Å². The molecule has 4 nitrogen and oxygen atoms in total. The summed E-state index contributed by atoms with van der Waals surface area (Å²) in [5, 5.41) is 0. The molecule has 0 aliphatic rings. The molecular weight excluding hydrogens is 308 g/mol. The normalized spacial score (nSPS) is 10.6. The lowest BCUT2D eigenvalue weighted by Gasteiger charge is -2.05. The SMILES string of the molecule is CC(=O)c1c(Br)cccc1S(=O)(=O)O.Cl. The van der Waals surface area contributed by atoms with Crippen LogP contribution in [0.5, 0.6) is 0 Å².